The zero-order valence-corrected chi connectivity index (χ0v) is 18.0. The normalized spacial score (nSPS) is 19.2. The lowest BCUT2D eigenvalue weighted by atomic mass is 9.92. The second-order valence-corrected chi connectivity index (χ2v) is 7.62. The van der Waals surface area contributed by atoms with Crippen LogP contribution in [0.3, 0.4) is 0 Å². The second kappa shape index (κ2) is 9.41. The third-order valence-electron chi connectivity index (χ3n) is 4.71. The number of aliphatic imine (C=N–C) groups is 1. The van der Waals surface area contributed by atoms with E-state index < -0.39 is 39.7 Å². The SMILES string of the molecule is CCOC1=N[C@](C)(c2cc(NC(=O)c3ncc(C(F)(F)F)cc3Cl)ccc2F)COCC1. The maximum absolute atomic E-state index is 14.7. The smallest absolute Gasteiger partial charge is 0.417 e. The molecule has 172 valence electrons. The van der Waals surface area contributed by atoms with Crippen molar-refractivity contribution in [2.75, 3.05) is 25.1 Å². The van der Waals surface area contributed by atoms with Gasteiger partial charge in [-0.1, -0.05) is 11.6 Å². The van der Waals surface area contributed by atoms with Crippen LogP contribution in [0.5, 0.6) is 0 Å². The predicted molar refractivity (Wildman–Crippen MR) is 110 cm³/mol. The summed E-state index contributed by atoms with van der Waals surface area (Å²) < 4.78 is 64.1. The first-order valence-corrected chi connectivity index (χ1v) is 10.0. The minimum Gasteiger partial charge on any atom is -0.481 e. The minimum atomic E-state index is -4.64. The largest absolute Gasteiger partial charge is 0.481 e. The van der Waals surface area contributed by atoms with E-state index in [4.69, 9.17) is 21.1 Å². The van der Waals surface area contributed by atoms with Crippen molar-refractivity contribution < 1.29 is 31.8 Å². The Labute approximate surface area is 186 Å². The van der Waals surface area contributed by atoms with E-state index >= 15 is 0 Å². The van der Waals surface area contributed by atoms with Crippen LogP contribution in [0.4, 0.5) is 23.2 Å². The van der Waals surface area contributed by atoms with Gasteiger partial charge in [-0.05, 0) is 38.1 Å². The summed E-state index contributed by atoms with van der Waals surface area (Å²) in [4.78, 5) is 20.6. The van der Waals surface area contributed by atoms with Gasteiger partial charge in [0.05, 0.1) is 30.4 Å². The number of benzene rings is 1. The van der Waals surface area contributed by atoms with Crippen LogP contribution in [-0.2, 0) is 21.2 Å². The lowest BCUT2D eigenvalue weighted by Gasteiger charge is -2.25. The van der Waals surface area contributed by atoms with Crippen LogP contribution >= 0.6 is 11.6 Å². The fraction of sp³-hybridized carbons (Fsp3) is 0.381. The summed E-state index contributed by atoms with van der Waals surface area (Å²) in [6, 6.07) is 4.46. The highest BCUT2D eigenvalue weighted by molar-refractivity contribution is 6.34. The van der Waals surface area contributed by atoms with Crippen LogP contribution in [0.25, 0.3) is 0 Å². The first kappa shape index (κ1) is 23.9. The molecule has 1 aromatic carbocycles. The number of anilines is 1. The molecule has 3 rings (SSSR count). The Morgan fingerprint density at radius 2 is 2.09 bits per heavy atom. The van der Waals surface area contributed by atoms with Crippen molar-refractivity contribution in [3.63, 3.8) is 0 Å². The number of halogens is 5. The molecular formula is C21H20ClF4N3O3. The molecule has 2 heterocycles. The van der Waals surface area contributed by atoms with Gasteiger partial charge < -0.3 is 14.8 Å². The van der Waals surface area contributed by atoms with Crippen molar-refractivity contribution in [1.82, 2.24) is 4.98 Å². The molecule has 1 aliphatic heterocycles. The predicted octanol–water partition coefficient (Wildman–Crippen LogP) is 5.22. The van der Waals surface area contributed by atoms with E-state index in [1.165, 1.54) is 12.1 Å². The lowest BCUT2D eigenvalue weighted by molar-refractivity contribution is -0.137. The number of carbonyl (C=O) groups is 1. The zero-order valence-electron chi connectivity index (χ0n) is 17.2. The summed E-state index contributed by atoms with van der Waals surface area (Å²) in [6.45, 7) is 4.33. The molecule has 1 atom stereocenters. The van der Waals surface area contributed by atoms with Crippen molar-refractivity contribution in [3.05, 3.63) is 58.1 Å². The molecule has 1 N–H and O–H groups in total. The van der Waals surface area contributed by atoms with Crippen molar-refractivity contribution in [2.45, 2.75) is 32.0 Å². The molecule has 1 aromatic heterocycles. The Balaban J connectivity index is 1.89. The van der Waals surface area contributed by atoms with Crippen LogP contribution in [0, 0.1) is 5.82 Å². The number of pyridine rings is 1. The molecule has 6 nitrogen and oxygen atoms in total. The molecular weight excluding hydrogens is 454 g/mol. The number of hydrogen-bond donors (Lipinski definition) is 1. The van der Waals surface area contributed by atoms with Crippen LogP contribution in [0.2, 0.25) is 5.02 Å². The van der Waals surface area contributed by atoms with Gasteiger partial charge in [0.25, 0.3) is 5.91 Å². The molecule has 11 heteroatoms. The van der Waals surface area contributed by atoms with Gasteiger partial charge in [-0.15, -0.1) is 0 Å². The Morgan fingerprint density at radius 1 is 1.34 bits per heavy atom. The topological polar surface area (TPSA) is 72.8 Å². The van der Waals surface area contributed by atoms with Crippen molar-refractivity contribution in [3.8, 4) is 0 Å². The van der Waals surface area contributed by atoms with Crippen LogP contribution in [-0.4, -0.2) is 36.6 Å². The molecule has 0 unspecified atom stereocenters. The Hall–Kier alpha value is -2.72. The van der Waals surface area contributed by atoms with E-state index in [0.717, 1.165) is 6.07 Å². The number of rotatable bonds is 4. The number of ether oxygens (including phenoxy) is 2. The molecule has 0 radical (unpaired) electrons. The van der Waals surface area contributed by atoms with Gasteiger partial charge in [0.15, 0.2) is 5.90 Å². The standard InChI is InChI=1S/C21H20ClF4N3O3/c1-3-32-17-6-7-31-11-20(2,29-17)14-9-13(4-5-16(14)23)28-19(30)18-15(22)8-12(10-27-18)21(24,25)26/h4-5,8-10H,3,6-7,11H2,1-2H3,(H,28,30)/t20-/m0/s1. The van der Waals surface area contributed by atoms with E-state index in [-0.39, 0.29) is 17.9 Å². The molecule has 0 saturated heterocycles. The number of alkyl halides is 3. The highest BCUT2D eigenvalue weighted by Crippen LogP contribution is 2.33. The highest BCUT2D eigenvalue weighted by Gasteiger charge is 2.34. The summed E-state index contributed by atoms with van der Waals surface area (Å²) in [5.41, 5.74) is -2.25. The van der Waals surface area contributed by atoms with Crippen molar-refractivity contribution in [2.24, 2.45) is 4.99 Å². The lowest BCUT2D eigenvalue weighted by Crippen LogP contribution is -2.28. The zero-order chi connectivity index (χ0) is 23.5. The summed E-state index contributed by atoms with van der Waals surface area (Å²) in [5.74, 6) is -0.981. The van der Waals surface area contributed by atoms with E-state index in [2.05, 4.69) is 15.3 Å². The van der Waals surface area contributed by atoms with Gasteiger partial charge in [0, 0.05) is 23.9 Å². The van der Waals surface area contributed by atoms with E-state index in [1.54, 1.807) is 6.92 Å². The number of nitrogens with zero attached hydrogens (tertiary/aromatic N) is 2. The number of hydrogen-bond acceptors (Lipinski definition) is 5. The molecule has 0 fully saturated rings. The molecule has 1 aliphatic rings. The number of aromatic nitrogens is 1. The molecule has 32 heavy (non-hydrogen) atoms. The number of nitrogens with one attached hydrogen (secondary N) is 1. The molecule has 1 amide bonds. The first-order valence-electron chi connectivity index (χ1n) is 9.67. The Morgan fingerprint density at radius 3 is 2.75 bits per heavy atom. The average molecular weight is 474 g/mol. The molecule has 0 aliphatic carbocycles. The fourth-order valence-electron chi connectivity index (χ4n) is 3.17. The van der Waals surface area contributed by atoms with Gasteiger partial charge in [0.2, 0.25) is 0 Å². The van der Waals surface area contributed by atoms with E-state index in [9.17, 15) is 22.4 Å². The van der Waals surface area contributed by atoms with Crippen LogP contribution in [0.1, 0.15) is 41.9 Å². The van der Waals surface area contributed by atoms with Crippen LogP contribution in [0.15, 0.2) is 35.5 Å². The quantitative estimate of drug-likeness (QED) is 0.618. The van der Waals surface area contributed by atoms with Gasteiger partial charge in [-0.25, -0.2) is 14.4 Å². The Kier molecular flexibility index (Phi) is 7.04. The van der Waals surface area contributed by atoms with Gasteiger partial charge in [-0.2, -0.15) is 13.2 Å². The monoisotopic (exact) mass is 473 g/mol. The van der Waals surface area contributed by atoms with E-state index in [0.29, 0.717) is 37.8 Å². The fourth-order valence-corrected chi connectivity index (χ4v) is 3.42. The molecule has 2 aromatic rings. The maximum atomic E-state index is 14.7. The average Bonchev–Trinajstić information content (AvgIpc) is 2.90. The summed E-state index contributed by atoms with van der Waals surface area (Å²) in [6.07, 6.45) is -3.68. The number of carbonyl (C=O) groups excluding carboxylic acids is 1. The summed E-state index contributed by atoms with van der Waals surface area (Å²) in [5, 5.41) is 2.02. The third kappa shape index (κ3) is 5.36. The third-order valence-corrected chi connectivity index (χ3v) is 5.00. The van der Waals surface area contributed by atoms with Crippen molar-refractivity contribution in [1.29, 1.82) is 0 Å². The minimum absolute atomic E-state index is 0.0875. The molecule has 0 bridgehead atoms. The van der Waals surface area contributed by atoms with Crippen molar-refractivity contribution >= 4 is 29.1 Å². The van der Waals surface area contributed by atoms with Gasteiger partial charge >= 0.3 is 6.18 Å². The highest BCUT2D eigenvalue weighted by atomic mass is 35.5. The second-order valence-electron chi connectivity index (χ2n) is 7.22. The first-order chi connectivity index (χ1) is 15.0. The van der Waals surface area contributed by atoms with Gasteiger partial charge in [-0.3, -0.25) is 4.79 Å². The van der Waals surface area contributed by atoms with Gasteiger partial charge in [0.1, 0.15) is 17.1 Å². The number of amides is 1. The molecule has 0 spiro atoms. The maximum Gasteiger partial charge on any atom is 0.417 e. The van der Waals surface area contributed by atoms with E-state index in [1.807, 2.05) is 6.92 Å². The van der Waals surface area contributed by atoms with Crippen LogP contribution < -0.4 is 5.32 Å². The Bertz CT molecular complexity index is 1050. The summed E-state index contributed by atoms with van der Waals surface area (Å²) in [7, 11) is 0. The molecule has 0 saturated carbocycles. The summed E-state index contributed by atoms with van der Waals surface area (Å²) >= 11 is 5.83.